The lowest BCUT2D eigenvalue weighted by Gasteiger charge is -2.23. The summed E-state index contributed by atoms with van der Waals surface area (Å²) in [6.45, 7) is 4.46. The van der Waals surface area contributed by atoms with Crippen molar-refractivity contribution in [2.24, 2.45) is 18.0 Å². The first-order valence-corrected chi connectivity index (χ1v) is 9.45. The summed E-state index contributed by atoms with van der Waals surface area (Å²) < 4.78 is 1.94. The van der Waals surface area contributed by atoms with Gasteiger partial charge in [0.15, 0.2) is 11.8 Å². The molecular weight excluding hydrogens is 465 g/mol. The molecule has 3 rings (SSSR count). The predicted octanol–water partition coefficient (Wildman–Crippen LogP) is 3.23. The molecule has 0 radical (unpaired) electrons. The molecule has 3 unspecified atom stereocenters. The lowest BCUT2D eigenvalue weighted by atomic mass is 10.1. The van der Waals surface area contributed by atoms with Gasteiger partial charge >= 0.3 is 0 Å². The molecule has 1 aromatic heterocycles. The Bertz CT molecular complexity index is 825. The molecule has 0 spiro atoms. The monoisotopic (exact) mass is 493 g/mol. The van der Waals surface area contributed by atoms with Crippen molar-refractivity contribution >= 4 is 29.9 Å². The summed E-state index contributed by atoms with van der Waals surface area (Å²) >= 11 is 0. The van der Waals surface area contributed by atoms with Crippen LogP contribution in [0, 0.1) is 24.2 Å². The molecule has 0 amide bonds. The van der Waals surface area contributed by atoms with Crippen LogP contribution >= 0.6 is 24.0 Å². The van der Waals surface area contributed by atoms with Gasteiger partial charge in [0, 0.05) is 13.1 Å². The number of hydrogen-bond donors (Lipinski definition) is 2. The quantitative estimate of drug-likeness (QED) is 0.379. The minimum absolute atomic E-state index is 0. The number of aliphatic imine (C=N–C) groups is 1. The van der Waals surface area contributed by atoms with Gasteiger partial charge in [-0.1, -0.05) is 30.3 Å². The van der Waals surface area contributed by atoms with Crippen LogP contribution in [0.25, 0.3) is 0 Å². The molecule has 1 aliphatic carbocycles. The summed E-state index contributed by atoms with van der Waals surface area (Å²) in [6.07, 6.45) is 3.00. The Morgan fingerprint density at radius 2 is 2.07 bits per heavy atom. The number of benzene rings is 1. The number of guanidine groups is 1. The second kappa shape index (κ2) is 10.4. The Hall–Kier alpha value is -2.15. The van der Waals surface area contributed by atoms with Crippen molar-refractivity contribution in [3.8, 4) is 6.07 Å². The van der Waals surface area contributed by atoms with Crippen LogP contribution in [0.2, 0.25) is 0 Å². The molecule has 28 heavy (non-hydrogen) atoms. The van der Waals surface area contributed by atoms with E-state index in [2.05, 4.69) is 46.0 Å². The van der Waals surface area contributed by atoms with Crippen molar-refractivity contribution in [3.05, 3.63) is 47.5 Å². The van der Waals surface area contributed by atoms with Crippen LogP contribution in [0.3, 0.4) is 0 Å². The third-order valence-corrected chi connectivity index (χ3v) is 5.22. The van der Waals surface area contributed by atoms with Gasteiger partial charge in [-0.25, -0.2) is 4.99 Å². The lowest BCUT2D eigenvalue weighted by Crippen LogP contribution is -2.45. The fraction of sp³-hybridized carbons (Fsp3) is 0.500. The highest BCUT2D eigenvalue weighted by molar-refractivity contribution is 14.0. The normalized spacial score (nSPS) is 20.1. The van der Waals surface area contributed by atoms with Gasteiger partial charge in [-0.15, -0.1) is 34.2 Å². The van der Waals surface area contributed by atoms with Crippen molar-refractivity contribution in [3.63, 3.8) is 0 Å². The van der Waals surface area contributed by atoms with E-state index in [0.29, 0.717) is 12.5 Å². The first kappa shape index (κ1) is 22.1. The summed E-state index contributed by atoms with van der Waals surface area (Å²) in [5, 5.41) is 24.6. The Labute approximate surface area is 183 Å². The van der Waals surface area contributed by atoms with E-state index >= 15 is 0 Å². The molecule has 1 saturated carbocycles. The summed E-state index contributed by atoms with van der Waals surface area (Å²) in [5.41, 5.74) is 1.18. The molecule has 2 aromatic rings. The van der Waals surface area contributed by atoms with Crippen molar-refractivity contribution < 1.29 is 0 Å². The molecular formula is C20H28IN7. The van der Waals surface area contributed by atoms with Gasteiger partial charge in [-0.2, -0.15) is 5.26 Å². The highest BCUT2D eigenvalue weighted by atomic mass is 127. The van der Waals surface area contributed by atoms with Gasteiger partial charge in [-0.3, -0.25) is 0 Å². The molecule has 2 N–H and O–H groups in total. The molecule has 3 atom stereocenters. The zero-order chi connectivity index (χ0) is 19.2. The first-order valence-electron chi connectivity index (χ1n) is 9.45. The Balaban J connectivity index is 0.00000280. The largest absolute Gasteiger partial charge is 0.352 e. The van der Waals surface area contributed by atoms with Crippen molar-refractivity contribution in [1.29, 1.82) is 5.26 Å². The number of hydrogen-bond acceptors (Lipinski definition) is 4. The van der Waals surface area contributed by atoms with Gasteiger partial charge in [0.05, 0.1) is 18.0 Å². The van der Waals surface area contributed by atoms with Crippen LogP contribution in [0.15, 0.2) is 35.3 Å². The van der Waals surface area contributed by atoms with Crippen molar-refractivity contribution in [2.75, 3.05) is 0 Å². The fourth-order valence-corrected chi connectivity index (χ4v) is 3.36. The second-order valence-electron chi connectivity index (χ2n) is 7.08. The number of halogens is 1. The summed E-state index contributed by atoms with van der Waals surface area (Å²) in [4.78, 5) is 4.73. The van der Waals surface area contributed by atoms with Gasteiger partial charge < -0.3 is 15.2 Å². The summed E-state index contributed by atoms with van der Waals surface area (Å²) in [5.74, 6) is 2.41. The Morgan fingerprint density at radius 1 is 1.32 bits per heavy atom. The predicted molar refractivity (Wildman–Crippen MR) is 120 cm³/mol. The van der Waals surface area contributed by atoms with Crippen LogP contribution in [-0.4, -0.2) is 26.8 Å². The third kappa shape index (κ3) is 5.44. The fourth-order valence-electron chi connectivity index (χ4n) is 3.36. The summed E-state index contributed by atoms with van der Waals surface area (Å²) in [6, 6.07) is 12.9. The van der Waals surface area contributed by atoms with Gasteiger partial charge in [0.2, 0.25) is 0 Å². The second-order valence-corrected chi connectivity index (χ2v) is 7.08. The molecule has 0 aliphatic heterocycles. The van der Waals surface area contributed by atoms with Gasteiger partial charge in [-0.05, 0) is 38.7 Å². The van der Waals surface area contributed by atoms with E-state index in [1.807, 2.05) is 36.7 Å². The molecule has 0 bridgehead atoms. The number of nitrogens with one attached hydrogen (secondary N) is 2. The van der Waals surface area contributed by atoms with E-state index < -0.39 is 0 Å². The molecule has 150 valence electrons. The van der Waals surface area contributed by atoms with E-state index in [1.54, 1.807) is 0 Å². The van der Waals surface area contributed by atoms with E-state index in [-0.39, 0.29) is 42.0 Å². The maximum Gasteiger partial charge on any atom is 0.192 e. The molecule has 0 saturated heterocycles. The van der Waals surface area contributed by atoms with Crippen LogP contribution in [0.5, 0.6) is 0 Å². The van der Waals surface area contributed by atoms with Gasteiger partial charge in [0.1, 0.15) is 12.4 Å². The van der Waals surface area contributed by atoms with Gasteiger partial charge in [0.25, 0.3) is 0 Å². The van der Waals surface area contributed by atoms with Crippen molar-refractivity contribution in [1.82, 2.24) is 25.4 Å². The third-order valence-electron chi connectivity index (χ3n) is 5.22. The van der Waals surface area contributed by atoms with Crippen molar-refractivity contribution in [2.45, 2.75) is 51.7 Å². The smallest absolute Gasteiger partial charge is 0.192 e. The average molecular weight is 493 g/mol. The minimum Gasteiger partial charge on any atom is -0.352 e. The lowest BCUT2D eigenvalue weighted by molar-refractivity contribution is 0.525. The average Bonchev–Trinajstić information content (AvgIpc) is 3.27. The highest BCUT2D eigenvalue weighted by Gasteiger charge is 2.28. The van der Waals surface area contributed by atoms with Crippen LogP contribution in [0.1, 0.15) is 49.4 Å². The standard InChI is InChI=1S/C20H27N7.HI/c1-14(16-8-5-4-6-9-16)23-20(24-18-11-7-10-17(18)12-21)22-13-19-26-25-15(2)27(19)3;/h4-6,8-9,14,17-18H,7,10-11,13H2,1-3H3,(H2,22,23,24);1H. The zero-order valence-corrected chi connectivity index (χ0v) is 18.9. The molecule has 1 aliphatic rings. The number of nitrogens with zero attached hydrogens (tertiary/aromatic N) is 5. The molecule has 7 nitrogen and oxygen atoms in total. The van der Waals surface area contributed by atoms with E-state index in [9.17, 15) is 5.26 Å². The number of rotatable bonds is 5. The minimum atomic E-state index is 0. The number of aryl methyl sites for hydroxylation is 1. The Morgan fingerprint density at radius 3 is 2.71 bits per heavy atom. The maximum atomic E-state index is 9.38. The number of nitriles is 1. The SMILES string of the molecule is Cc1nnc(CN=C(NC(C)c2ccccc2)NC2CCCC2C#N)n1C.I. The maximum absolute atomic E-state index is 9.38. The molecule has 1 fully saturated rings. The Kier molecular flexibility index (Phi) is 8.23. The van der Waals surface area contributed by atoms with Crippen LogP contribution in [-0.2, 0) is 13.6 Å². The highest BCUT2D eigenvalue weighted by Crippen LogP contribution is 2.25. The molecule has 1 aromatic carbocycles. The summed E-state index contributed by atoms with van der Waals surface area (Å²) in [7, 11) is 1.94. The number of aromatic nitrogens is 3. The van der Waals surface area contributed by atoms with E-state index in [1.165, 1.54) is 5.56 Å². The zero-order valence-electron chi connectivity index (χ0n) is 16.6. The molecule has 8 heteroatoms. The van der Waals surface area contributed by atoms with Crippen LogP contribution in [0.4, 0.5) is 0 Å². The topological polar surface area (TPSA) is 90.9 Å². The van der Waals surface area contributed by atoms with E-state index in [0.717, 1.165) is 30.9 Å². The van der Waals surface area contributed by atoms with E-state index in [4.69, 9.17) is 4.99 Å². The first-order chi connectivity index (χ1) is 13.1. The molecule has 1 heterocycles. The van der Waals surface area contributed by atoms with Crippen LogP contribution < -0.4 is 10.6 Å².